The maximum Gasteiger partial charge on any atom is -0.00579 e. The largest absolute Gasteiger partial charge is 0.0838 e. The zero-order valence-electron chi connectivity index (χ0n) is 5.65. The molecule has 9 heavy (non-hydrogen) atoms. The minimum absolute atomic E-state index is 1.22. The molecule has 0 unspecified atom stereocenters. The van der Waals surface area contributed by atoms with Crippen molar-refractivity contribution in [1.29, 1.82) is 0 Å². The minimum atomic E-state index is 1.22. The van der Waals surface area contributed by atoms with Crippen LogP contribution in [-0.2, 0) is 0 Å². The van der Waals surface area contributed by atoms with Crippen molar-refractivity contribution in [3.8, 4) is 0 Å². The van der Waals surface area contributed by atoms with Gasteiger partial charge in [0.1, 0.15) is 0 Å². The van der Waals surface area contributed by atoms with E-state index in [1.165, 1.54) is 12.8 Å². The van der Waals surface area contributed by atoms with E-state index >= 15 is 0 Å². The summed E-state index contributed by atoms with van der Waals surface area (Å²) >= 11 is 0. The third-order valence-electron chi connectivity index (χ3n) is 2.12. The van der Waals surface area contributed by atoms with Crippen molar-refractivity contribution in [2.24, 2.45) is 0 Å². The molecular weight excluding hydrogens is 108 g/mol. The average Bonchev–Trinajstić information content (AvgIpc) is 2.45. The number of hydrogen-bond acceptors (Lipinski definition) is 0. The quantitative estimate of drug-likeness (QED) is 0.458. The molecule has 0 N–H and O–H groups in total. The van der Waals surface area contributed by atoms with Gasteiger partial charge >= 0.3 is 0 Å². The lowest BCUT2D eigenvalue weighted by Gasteiger charge is -1.97. The molecule has 0 aromatic heterocycles. The van der Waals surface area contributed by atoms with Gasteiger partial charge in [-0.2, -0.15) is 0 Å². The van der Waals surface area contributed by atoms with Crippen LogP contribution in [0.4, 0.5) is 0 Å². The first-order valence-corrected chi connectivity index (χ1v) is 3.44. The molecule has 0 nitrogen and oxygen atoms in total. The van der Waals surface area contributed by atoms with Crippen molar-refractivity contribution in [3.05, 3.63) is 34.9 Å². The summed E-state index contributed by atoms with van der Waals surface area (Å²) in [7, 11) is 0. The maximum absolute atomic E-state index is 2.25. The Bertz CT molecular complexity index is 226. The molecule has 0 aliphatic heterocycles. The monoisotopic (exact) mass is 118 g/mol. The van der Waals surface area contributed by atoms with Crippen LogP contribution in [0.25, 0.3) is 0 Å². The van der Waals surface area contributed by atoms with Gasteiger partial charge in [-0.25, -0.2) is 0 Å². The van der Waals surface area contributed by atoms with Crippen molar-refractivity contribution in [3.63, 3.8) is 0 Å². The van der Waals surface area contributed by atoms with Crippen molar-refractivity contribution >= 4 is 0 Å². The molecule has 0 heterocycles. The van der Waals surface area contributed by atoms with E-state index in [0.717, 1.165) is 0 Å². The molecule has 2 bridgehead atoms. The SMILES string of the molecule is C/C=C1/CC2=CC=C1C2. The van der Waals surface area contributed by atoms with Gasteiger partial charge in [0.2, 0.25) is 0 Å². The Morgan fingerprint density at radius 2 is 2.22 bits per heavy atom. The van der Waals surface area contributed by atoms with Crippen molar-refractivity contribution in [1.82, 2.24) is 0 Å². The molecule has 2 aliphatic carbocycles. The van der Waals surface area contributed by atoms with E-state index < -0.39 is 0 Å². The fourth-order valence-electron chi connectivity index (χ4n) is 1.57. The summed E-state index contributed by atoms with van der Waals surface area (Å²) < 4.78 is 0. The van der Waals surface area contributed by atoms with Crippen molar-refractivity contribution in [2.75, 3.05) is 0 Å². The standard InChI is InChI=1S/C9H10/c1-2-8-5-7-3-4-9(8)6-7/h2-4H,5-6H2,1H3/b8-2-. The smallest absolute Gasteiger partial charge is 0.00579 e. The highest BCUT2D eigenvalue weighted by Gasteiger charge is 2.20. The summed E-state index contributed by atoms with van der Waals surface area (Å²) in [6.07, 6.45) is 9.18. The number of hydrogen-bond donors (Lipinski definition) is 0. The first-order chi connectivity index (χ1) is 4.40. The summed E-state index contributed by atoms with van der Waals surface area (Å²) in [5.41, 5.74) is 4.69. The predicted molar refractivity (Wildman–Crippen MR) is 39.2 cm³/mol. The maximum atomic E-state index is 2.25. The van der Waals surface area contributed by atoms with Crippen LogP contribution in [0.5, 0.6) is 0 Å². The Kier molecular flexibility index (Phi) is 0.895. The third-order valence-corrected chi connectivity index (χ3v) is 2.12. The van der Waals surface area contributed by atoms with Crippen LogP contribution < -0.4 is 0 Å². The Labute approximate surface area is 55.6 Å². The fraction of sp³-hybridized carbons (Fsp3) is 0.333. The van der Waals surface area contributed by atoms with E-state index in [9.17, 15) is 0 Å². The molecule has 0 aromatic carbocycles. The van der Waals surface area contributed by atoms with Crippen LogP contribution in [0.2, 0.25) is 0 Å². The normalized spacial score (nSPS) is 27.0. The molecule has 0 spiro atoms. The summed E-state index contributed by atoms with van der Waals surface area (Å²) in [6.45, 7) is 2.12. The minimum Gasteiger partial charge on any atom is -0.0838 e. The molecule has 0 radical (unpaired) electrons. The predicted octanol–water partition coefficient (Wildman–Crippen LogP) is 2.59. The third kappa shape index (κ3) is 0.593. The van der Waals surface area contributed by atoms with E-state index in [0.29, 0.717) is 0 Å². The van der Waals surface area contributed by atoms with Crippen LogP contribution in [0.15, 0.2) is 34.9 Å². The van der Waals surface area contributed by atoms with Crippen LogP contribution in [0.1, 0.15) is 19.8 Å². The van der Waals surface area contributed by atoms with E-state index in [2.05, 4.69) is 25.2 Å². The van der Waals surface area contributed by atoms with E-state index in [-0.39, 0.29) is 0 Å². The summed E-state index contributed by atoms with van der Waals surface area (Å²) in [4.78, 5) is 0. The highest BCUT2D eigenvalue weighted by atomic mass is 14.2. The van der Waals surface area contributed by atoms with Crippen LogP contribution >= 0.6 is 0 Å². The molecule has 2 rings (SSSR count). The second-order valence-electron chi connectivity index (χ2n) is 2.68. The van der Waals surface area contributed by atoms with E-state index in [1.54, 1.807) is 16.7 Å². The Morgan fingerprint density at radius 3 is 2.56 bits per heavy atom. The van der Waals surface area contributed by atoms with Gasteiger partial charge in [-0.15, -0.1) is 0 Å². The average molecular weight is 118 g/mol. The molecule has 0 amide bonds. The van der Waals surface area contributed by atoms with Crippen LogP contribution in [0.3, 0.4) is 0 Å². The lowest BCUT2D eigenvalue weighted by atomic mass is 10.1. The molecule has 1 fully saturated rings. The molecule has 2 aliphatic rings. The van der Waals surface area contributed by atoms with Gasteiger partial charge < -0.3 is 0 Å². The molecular formula is C9H10. The van der Waals surface area contributed by atoms with Crippen LogP contribution in [-0.4, -0.2) is 0 Å². The zero-order valence-corrected chi connectivity index (χ0v) is 5.65. The Morgan fingerprint density at radius 1 is 1.33 bits per heavy atom. The van der Waals surface area contributed by atoms with Gasteiger partial charge in [-0.05, 0) is 30.9 Å². The number of rotatable bonds is 0. The molecule has 0 atom stereocenters. The second kappa shape index (κ2) is 1.60. The van der Waals surface area contributed by atoms with Gasteiger partial charge in [0.25, 0.3) is 0 Å². The lowest BCUT2D eigenvalue weighted by Crippen LogP contribution is -1.77. The number of fused-ring (bicyclic) bond motifs is 2. The molecule has 0 aromatic rings. The van der Waals surface area contributed by atoms with Gasteiger partial charge in [0.15, 0.2) is 0 Å². The number of allylic oxidation sites excluding steroid dienone is 6. The first-order valence-electron chi connectivity index (χ1n) is 3.44. The Balaban J connectivity index is 2.41. The van der Waals surface area contributed by atoms with E-state index in [4.69, 9.17) is 0 Å². The lowest BCUT2D eigenvalue weighted by molar-refractivity contribution is 1.21. The topological polar surface area (TPSA) is 0 Å². The highest BCUT2D eigenvalue weighted by Crippen LogP contribution is 2.39. The molecule has 1 saturated carbocycles. The van der Waals surface area contributed by atoms with E-state index in [1.807, 2.05) is 0 Å². The van der Waals surface area contributed by atoms with Gasteiger partial charge in [-0.1, -0.05) is 23.8 Å². The van der Waals surface area contributed by atoms with Gasteiger partial charge in [0.05, 0.1) is 0 Å². The Hall–Kier alpha value is -0.780. The van der Waals surface area contributed by atoms with Gasteiger partial charge in [0, 0.05) is 0 Å². The van der Waals surface area contributed by atoms with Crippen LogP contribution in [0, 0.1) is 0 Å². The van der Waals surface area contributed by atoms with Crippen molar-refractivity contribution in [2.45, 2.75) is 19.8 Å². The summed E-state index contributed by atoms with van der Waals surface area (Å²) in [5, 5.41) is 0. The molecule has 0 heteroatoms. The van der Waals surface area contributed by atoms with Gasteiger partial charge in [-0.3, -0.25) is 0 Å². The van der Waals surface area contributed by atoms with Crippen molar-refractivity contribution < 1.29 is 0 Å². The highest BCUT2D eigenvalue weighted by molar-refractivity contribution is 5.52. The molecule has 0 saturated heterocycles. The summed E-state index contributed by atoms with van der Waals surface area (Å²) in [6, 6.07) is 0. The first kappa shape index (κ1) is 5.04. The molecule has 46 valence electrons. The second-order valence-corrected chi connectivity index (χ2v) is 2.68. The zero-order chi connectivity index (χ0) is 6.27. The fourth-order valence-corrected chi connectivity index (χ4v) is 1.57. The summed E-state index contributed by atoms with van der Waals surface area (Å²) in [5.74, 6) is 0.